The molecule has 4 nitrogen and oxygen atoms in total. The second-order valence-electron chi connectivity index (χ2n) is 4.28. The summed E-state index contributed by atoms with van der Waals surface area (Å²) in [5, 5.41) is 21.5. The molecule has 0 unspecified atom stereocenters. The standard InChI is InChI=1S/C14H11NO3S/c16-11-6-5-8-3-1-2-4-9(8)12(11)13-15-10(7-19-13)14(17)18/h1-6,10,16H,7H2,(H,17,18)/t10-/m0/s1. The fourth-order valence-electron chi connectivity index (χ4n) is 2.12. The predicted octanol–water partition coefficient (Wildman–Crippen LogP) is 2.49. The molecule has 0 aromatic heterocycles. The van der Waals surface area contributed by atoms with Crippen LogP contribution in [0.15, 0.2) is 41.4 Å². The number of phenolic OH excluding ortho intramolecular Hbond substituents is 1. The van der Waals surface area contributed by atoms with E-state index in [1.807, 2.05) is 30.3 Å². The molecule has 1 heterocycles. The average Bonchev–Trinajstić information content (AvgIpc) is 2.88. The Hall–Kier alpha value is -2.01. The highest BCUT2D eigenvalue weighted by Gasteiger charge is 2.27. The van der Waals surface area contributed by atoms with E-state index in [4.69, 9.17) is 5.11 Å². The highest BCUT2D eigenvalue weighted by molar-refractivity contribution is 8.14. The van der Waals surface area contributed by atoms with Gasteiger partial charge in [0.25, 0.3) is 0 Å². The molecule has 3 rings (SSSR count). The number of hydrogen-bond donors (Lipinski definition) is 2. The van der Waals surface area contributed by atoms with Gasteiger partial charge in [-0.15, -0.1) is 11.8 Å². The Morgan fingerprint density at radius 3 is 2.79 bits per heavy atom. The van der Waals surface area contributed by atoms with Crippen LogP contribution in [0.4, 0.5) is 0 Å². The fourth-order valence-corrected chi connectivity index (χ4v) is 3.22. The van der Waals surface area contributed by atoms with Gasteiger partial charge in [-0.05, 0) is 16.8 Å². The summed E-state index contributed by atoms with van der Waals surface area (Å²) in [5.41, 5.74) is 0.631. The third-order valence-corrected chi connectivity index (χ3v) is 4.12. The molecular formula is C14H11NO3S. The first kappa shape index (κ1) is 12.0. The second kappa shape index (κ2) is 4.59. The number of benzene rings is 2. The SMILES string of the molecule is O=C(O)[C@@H]1CSC(c2c(O)ccc3ccccc23)=N1. The Bertz CT molecular complexity index is 696. The lowest BCUT2D eigenvalue weighted by molar-refractivity contribution is -0.137. The Morgan fingerprint density at radius 2 is 2.05 bits per heavy atom. The number of carboxylic acids is 1. The van der Waals surface area contributed by atoms with Crippen molar-refractivity contribution < 1.29 is 15.0 Å². The lowest BCUT2D eigenvalue weighted by Crippen LogP contribution is -2.17. The minimum absolute atomic E-state index is 0.135. The van der Waals surface area contributed by atoms with E-state index in [9.17, 15) is 9.90 Å². The van der Waals surface area contributed by atoms with Gasteiger partial charge in [0.15, 0.2) is 6.04 Å². The van der Waals surface area contributed by atoms with Crippen LogP contribution in [0, 0.1) is 0 Å². The maximum absolute atomic E-state index is 10.9. The van der Waals surface area contributed by atoms with Crippen LogP contribution in [0.25, 0.3) is 10.8 Å². The number of aliphatic imine (C=N–C) groups is 1. The fraction of sp³-hybridized carbons (Fsp3) is 0.143. The molecule has 0 saturated heterocycles. The number of hydrogen-bond acceptors (Lipinski definition) is 4. The largest absolute Gasteiger partial charge is 0.507 e. The van der Waals surface area contributed by atoms with Crippen LogP contribution >= 0.6 is 11.8 Å². The van der Waals surface area contributed by atoms with Gasteiger partial charge in [0.2, 0.25) is 0 Å². The van der Waals surface area contributed by atoms with Gasteiger partial charge in [0.1, 0.15) is 10.8 Å². The summed E-state index contributed by atoms with van der Waals surface area (Å²) >= 11 is 1.37. The van der Waals surface area contributed by atoms with Gasteiger partial charge < -0.3 is 10.2 Å². The number of fused-ring (bicyclic) bond motifs is 1. The number of rotatable bonds is 2. The van der Waals surface area contributed by atoms with E-state index in [2.05, 4.69) is 4.99 Å². The molecule has 0 fully saturated rings. The molecule has 0 radical (unpaired) electrons. The third-order valence-electron chi connectivity index (χ3n) is 3.06. The predicted molar refractivity (Wildman–Crippen MR) is 76.0 cm³/mol. The summed E-state index contributed by atoms with van der Waals surface area (Å²) < 4.78 is 0. The van der Waals surface area contributed by atoms with Crippen LogP contribution < -0.4 is 0 Å². The highest BCUT2D eigenvalue weighted by atomic mass is 32.2. The number of thioether (sulfide) groups is 1. The average molecular weight is 273 g/mol. The van der Waals surface area contributed by atoms with Crippen molar-refractivity contribution in [3.05, 3.63) is 42.0 Å². The lowest BCUT2D eigenvalue weighted by atomic mass is 10.0. The molecule has 0 aliphatic carbocycles. The van der Waals surface area contributed by atoms with Crippen molar-refractivity contribution in [2.75, 3.05) is 5.75 Å². The molecule has 2 aromatic carbocycles. The van der Waals surface area contributed by atoms with Crippen LogP contribution in [-0.2, 0) is 4.79 Å². The molecule has 96 valence electrons. The van der Waals surface area contributed by atoms with E-state index in [0.29, 0.717) is 16.4 Å². The minimum atomic E-state index is -0.928. The molecule has 2 aromatic rings. The molecule has 2 N–H and O–H groups in total. The van der Waals surface area contributed by atoms with Crippen molar-refractivity contribution in [3.8, 4) is 5.75 Å². The van der Waals surface area contributed by atoms with E-state index in [0.717, 1.165) is 10.8 Å². The van der Waals surface area contributed by atoms with Crippen molar-refractivity contribution in [2.45, 2.75) is 6.04 Å². The van der Waals surface area contributed by atoms with Crippen molar-refractivity contribution >= 4 is 33.5 Å². The molecule has 1 aliphatic rings. The Morgan fingerprint density at radius 1 is 1.26 bits per heavy atom. The first-order valence-electron chi connectivity index (χ1n) is 5.81. The van der Waals surface area contributed by atoms with Crippen molar-refractivity contribution in [3.63, 3.8) is 0 Å². The zero-order valence-electron chi connectivity index (χ0n) is 9.91. The van der Waals surface area contributed by atoms with Gasteiger partial charge in [0.05, 0.1) is 5.56 Å². The number of phenols is 1. The first-order valence-corrected chi connectivity index (χ1v) is 6.80. The van der Waals surface area contributed by atoms with Crippen LogP contribution in [0.5, 0.6) is 5.75 Å². The second-order valence-corrected chi connectivity index (χ2v) is 5.29. The van der Waals surface area contributed by atoms with Crippen molar-refractivity contribution in [1.82, 2.24) is 0 Å². The summed E-state index contributed by atoms with van der Waals surface area (Å²) in [7, 11) is 0. The number of nitrogens with zero attached hydrogens (tertiary/aromatic N) is 1. The molecule has 0 spiro atoms. The maximum Gasteiger partial charge on any atom is 0.329 e. The summed E-state index contributed by atoms with van der Waals surface area (Å²) in [6.45, 7) is 0. The molecule has 0 amide bonds. The van der Waals surface area contributed by atoms with E-state index < -0.39 is 12.0 Å². The van der Waals surface area contributed by atoms with E-state index >= 15 is 0 Å². The first-order chi connectivity index (χ1) is 9.16. The normalized spacial score (nSPS) is 18.5. The third kappa shape index (κ3) is 2.06. The monoisotopic (exact) mass is 273 g/mol. The smallest absolute Gasteiger partial charge is 0.329 e. The Labute approximate surface area is 113 Å². The van der Waals surface area contributed by atoms with Crippen LogP contribution in [-0.4, -0.2) is 33.0 Å². The van der Waals surface area contributed by atoms with Gasteiger partial charge in [0, 0.05) is 5.75 Å². The van der Waals surface area contributed by atoms with Gasteiger partial charge in [-0.1, -0.05) is 30.3 Å². The molecule has 0 saturated carbocycles. The van der Waals surface area contributed by atoms with Gasteiger partial charge in [-0.25, -0.2) is 4.79 Å². The molecule has 5 heteroatoms. The Kier molecular flexibility index (Phi) is 2.91. The topological polar surface area (TPSA) is 69.9 Å². The van der Waals surface area contributed by atoms with Crippen LogP contribution in [0.1, 0.15) is 5.56 Å². The van der Waals surface area contributed by atoms with E-state index in [-0.39, 0.29) is 5.75 Å². The van der Waals surface area contributed by atoms with Gasteiger partial charge in [-0.3, -0.25) is 4.99 Å². The zero-order valence-corrected chi connectivity index (χ0v) is 10.7. The van der Waals surface area contributed by atoms with E-state index in [1.165, 1.54) is 11.8 Å². The van der Waals surface area contributed by atoms with Crippen LogP contribution in [0.3, 0.4) is 0 Å². The van der Waals surface area contributed by atoms with Crippen LogP contribution in [0.2, 0.25) is 0 Å². The number of carbonyl (C=O) groups is 1. The quantitative estimate of drug-likeness (QED) is 0.882. The van der Waals surface area contributed by atoms with Gasteiger partial charge in [-0.2, -0.15) is 0 Å². The number of aromatic hydroxyl groups is 1. The van der Waals surface area contributed by atoms with Gasteiger partial charge >= 0.3 is 5.97 Å². The number of aliphatic carboxylic acids is 1. The summed E-state index contributed by atoms with van der Waals surface area (Å²) in [5.74, 6) is -0.383. The minimum Gasteiger partial charge on any atom is -0.507 e. The maximum atomic E-state index is 10.9. The molecule has 1 atom stereocenters. The molecular weight excluding hydrogens is 262 g/mol. The summed E-state index contributed by atoms with van der Waals surface area (Å²) in [6, 6.07) is 10.4. The number of carboxylic acid groups (broad SMARTS) is 1. The molecule has 1 aliphatic heterocycles. The van der Waals surface area contributed by atoms with Crippen molar-refractivity contribution in [1.29, 1.82) is 0 Å². The van der Waals surface area contributed by atoms with Crippen molar-refractivity contribution in [2.24, 2.45) is 4.99 Å². The summed E-state index contributed by atoms with van der Waals surface area (Å²) in [6.07, 6.45) is 0. The molecule has 19 heavy (non-hydrogen) atoms. The zero-order chi connectivity index (χ0) is 13.4. The highest BCUT2D eigenvalue weighted by Crippen LogP contribution is 2.34. The molecule has 0 bridgehead atoms. The lowest BCUT2D eigenvalue weighted by Gasteiger charge is -2.08. The van der Waals surface area contributed by atoms with E-state index in [1.54, 1.807) is 6.07 Å². The Balaban J connectivity index is 2.18. The summed E-state index contributed by atoms with van der Waals surface area (Å²) in [4.78, 5) is 15.1.